The van der Waals surface area contributed by atoms with E-state index in [1.807, 2.05) is 42.5 Å². The van der Waals surface area contributed by atoms with Crippen molar-refractivity contribution in [2.75, 3.05) is 0 Å². The molecule has 0 radical (unpaired) electrons. The van der Waals surface area contributed by atoms with Gasteiger partial charge in [0.15, 0.2) is 0 Å². The quantitative estimate of drug-likeness (QED) is 0.195. The van der Waals surface area contributed by atoms with E-state index in [1.165, 1.54) is 24.4 Å². The largest absolute Gasteiger partial charge is 0.506 e. The third-order valence-electron chi connectivity index (χ3n) is 5.45. The molecule has 0 aromatic heterocycles. The number of nitrogens with zero attached hydrogens (tertiary/aromatic N) is 1. The first-order chi connectivity index (χ1) is 17.3. The van der Waals surface area contributed by atoms with E-state index in [2.05, 4.69) is 15.8 Å². The molecule has 182 valence electrons. The van der Waals surface area contributed by atoms with E-state index in [0.29, 0.717) is 16.6 Å². The average Bonchev–Trinajstić information content (AvgIpc) is 2.87. The second-order valence-corrected chi connectivity index (χ2v) is 9.15. The van der Waals surface area contributed by atoms with Gasteiger partial charge in [-0.3, -0.25) is 9.59 Å². The molecule has 0 aliphatic rings. The Morgan fingerprint density at radius 3 is 2.39 bits per heavy atom. The summed E-state index contributed by atoms with van der Waals surface area (Å²) in [6.07, 6.45) is 1.73. The summed E-state index contributed by atoms with van der Waals surface area (Å²) in [4.78, 5) is 24.9. The van der Waals surface area contributed by atoms with Gasteiger partial charge in [0, 0.05) is 17.7 Å². The van der Waals surface area contributed by atoms with Gasteiger partial charge in [0.2, 0.25) is 5.91 Å². The van der Waals surface area contributed by atoms with E-state index < -0.39 is 5.91 Å². The van der Waals surface area contributed by atoms with Crippen LogP contribution in [0.1, 0.15) is 27.0 Å². The number of hydrogen-bond donors (Lipinski definition) is 3. The van der Waals surface area contributed by atoms with Crippen LogP contribution >= 0.6 is 34.8 Å². The highest BCUT2D eigenvalue weighted by Gasteiger charge is 2.11. The van der Waals surface area contributed by atoms with Gasteiger partial charge in [-0.05, 0) is 52.2 Å². The number of phenolic OH excluding ortho intramolecular Hbond substituents is 1. The van der Waals surface area contributed by atoms with E-state index in [-0.39, 0.29) is 28.7 Å². The van der Waals surface area contributed by atoms with Crippen molar-refractivity contribution in [3.8, 4) is 5.75 Å². The lowest BCUT2D eigenvalue weighted by atomic mass is 9.98. The van der Waals surface area contributed by atoms with Crippen LogP contribution in [0.3, 0.4) is 0 Å². The zero-order valence-corrected chi connectivity index (χ0v) is 21.0. The molecule has 0 aliphatic heterocycles. The Balaban J connectivity index is 1.45. The lowest BCUT2D eigenvalue weighted by Gasteiger charge is -2.10. The highest BCUT2D eigenvalue weighted by molar-refractivity contribution is 6.42. The highest BCUT2D eigenvalue weighted by atomic mass is 35.5. The molecule has 0 spiro atoms. The van der Waals surface area contributed by atoms with Crippen LogP contribution in [0.4, 0.5) is 0 Å². The monoisotopic (exact) mass is 539 g/mol. The maximum Gasteiger partial charge on any atom is 0.271 e. The molecule has 4 rings (SSSR count). The van der Waals surface area contributed by atoms with E-state index in [4.69, 9.17) is 34.8 Å². The van der Waals surface area contributed by atoms with Crippen LogP contribution in [0.15, 0.2) is 77.9 Å². The van der Waals surface area contributed by atoms with Crippen LogP contribution in [0, 0.1) is 0 Å². The average molecular weight is 541 g/mol. The van der Waals surface area contributed by atoms with Crippen molar-refractivity contribution in [3.63, 3.8) is 0 Å². The topological polar surface area (TPSA) is 90.8 Å². The van der Waals surface area contributed by atoms with E-state index >= 15 is 0 Å². The summed E-state index contributed by atoms with van der Waals surface area (Å²) in [6, 6.07) is 20.7. The molecule has 0 fully saturated rings. The molecule has 3 N–H and O–H groups in total. The third kappa shape index (κ3) is 6.15. The first-order valence-electron chi connectivity index (χ1n) is 10.8. The number of halogens is 3. The van der Waals surface area contributed by atoms with Crippen molar-refractivity contribution < 1.29 is 14.7 Å². The fourth-order valence-electron chi connectivity index (χ4n) is 3.61. The summed E-state index contributed by atoms with van der Waals surface area (Å²) in [5.41, 5.74) is 5.20. The van der Waals surface area contributed by atoms with Gasteiger partial charge in [-0.25, -0.2) is 5.43 Å². The Kier molecular flexibility index (Phi) is 8.10. The van der Waals surface area contributed by atoms with Crippen LogP contribution in [0.5, 0.6) is 5.75 Å². The van der Waals surface area contributed by atoms with Gasteiger partial charge in [0.1, 0.15) is 5.75 Å². The number of phenols is 1. The van der Waals surface area contributed by atoms with Crippen LogP contribution < -0.4 is 10.7 Å². The van der Waals surface area contributed by atoms with Crippen molar-refractivity contribution in [1.29, 1.82) is 0 Å². The number of rotatable bonds is 7. The van der Waals surface area contributed by atoms with E-state index in [1.54, 1.807) is 12.1 Å². The van der Waals surface area contributed by atoms with Crippen molar-refractivity contribution >= 4 is 63.6 Å². The number of amides is 2. The Labute approximate surface area is 222 Å². The van der Waals surface area contributed by atoms with Gasteiger partial charge >= 0.3 is 0 Å². The number of fused-ring (bicyclic) bond motifs is 1. The summed E-state index contributed by atoms with van der Waals surface area (Å²) >= 11 is 17.8. The van der Waals surface area contributed by atoms with Crippen LogP contribution in [0.25, 0.3) is 10.8 Å². The molecule has 6 nitrogen and oxygen atoms in total. The minimum absolute atomic E-state index is 0.0780. The normalized spacial score (nSPS) is 11.1. The smallest absolute Gasteiger partial charge is 0.271 e. The maximum absolute atomic E-state index is 12.6. The summed E-state index contributed by atoms with van der Waals surface area (Å²) in [5.74, 6) is -0.702. The molecule has 4 aromatic rings. The van der Waals surface area contributed by atoms with Gasteiger partial charge in [-0.2, -0.15) is 5.10 Å². The zero-order valence-electron chi connectivity index (χ0n) is 18.8. The van der Waals surface area contributed by atoms with E-state index in [0.717, 1.165) is 27.5 Å². The minimum atomic E-state index is -0.465. The number of carbonyl (C=O) groups excluding carboxylic acids is 2. The summed E-state index contributed by atoms with van der Waals surface area (Å²) < 4.78 is 0. The number of hydrazone groups is 1. The molecule has 9 heteroatoms. The van der Waals surface area contributed by atoms with Crippen molar-refractivity contribution in [2.45, 2.75) is 13.0 Å². The molecule has 0 atom stereocenters. The van der Waals surface area contributed by atoms with Crippen molar-refractivity contribution in [2.24, 2.45) is 5.10 Å². The van der Waals surface area contributed by atoms with Gasteiger partial charge in [-0.1, -0.05) is 77.3 Å². The highest BCUT2D eigenvalue weighted by Crippen LogP contribution is 2.25. The predicted octanol–water partition coefficient (Wildman–Crippen LogP) is 6.13. The standard InChI is InChI=1S/C27H20Cl3N3O3/c28-22-9-5-16(11-23(22)29)14-31-26(35)13-17-6-7-19(21-4-2-1-3-20(17)21)15-32-33-27(36)18-8-10-25(34)24(30)12-18/h1-12,15,34H,13-14H2,(H,31,35)(H,33,36)/b32-15+. The number of benzene rings is 4. The molecular formula is C27H20Cl3N3O3. The molecule has 0 aliphatic carbocycles. The second kappa shape index (κ2) is 11.4. The summed E-state index contributed by atoms with van der Waals surface area (Å²) in [5, 5.41) is 19.2. The molecule has 0 heterocycles. The minimum Gasteiger partial charge on any atom is -0.506 e. The fourth-order valence-corrected chi connectivity index (χ4v) is 4.11. The number of carbonyl (C=O) groups is 2. The molecule has 36 heavy (non-hydrogen) atoms. The maximum atomic E-state index is 12.6. The predicted molar refractivity (Wildman–Crippen MR) is 144 cm³/mol. The van der Waals surface area contributed by atoms with Crippen LogP contribution in [-0.2, 0) is 17.8 Å². The second-order valence-electron chi connectivity index (χ2n) is 7.93. The van der Waals surface area contributed by atoms with Gasteiger partial charge < -0.3 is 10.4 Å². The Bertz CT molecular complexity index is 1490. The summed E-state index contributed by atoms with van der Waals surface area (Å²) in [6.45, 7) is 0.338. The Morgan fingerprint density at radius 1 is 0.861 bits per heavy atom. The molecule has 0 unspecified atom stereocenters. The number of nitrogens with one attached hydrogen (secondary N) is 2. The molecule has 2 amide bonds. The fraction of sp³-hybridized carbons (Fsp3) is 0.0741. The lowest BCUT2D eigenvalue weighted by molar-refractivity contribution is -0.120. The first-order valence-corrected chi connectivity index (χ1v) is 12.0. The van der Waals surface area contributed by atoms with Gasteiger partial charge in [0.05, 0.1) is 27.7 Å². The number of hydrogen-bond acceptors (Lipinski definition) is 4. The number of aromatic hydroxyl groups is 1. The molecule has 0 saturated heterocycles. The third-order valence-corrected chi connectivity index (χ3v) is 6.49. The lowest BCUT2D eigenvalue weighted by Crippen LogP contribution is -2.24. The van der Waals surface area contributed by atoms with Crippen molar-refractivity contribution in [3.05, 3.63) is 110 Å². The molecule has 0 saturated carbocycles. The zero-order chi connectivity index (χ0) is 25.7. The summed E-state index contributed by atoms with van der Waals surface area (Å²) in [7, 11) is 0. The Hall–Kier alpha value is -3.58. The van der Waals surface area contributed by atoms with Gasteiger partial charge in [0.25, 0.3) is 5.91 Å². The van der Waals surface area contributed by atoms with Crippen LogP contribution in [0.2, 0.25) is 15.1 Å². The first kappa shape index (κ1) is 25.5. The molecular weight excluding hydrogens is 521 g/mol. The van der Waals surface area contributed by atoms with Crippen molar-refractivity contribution in [1.82, 2.24) is 10.7 Å². The van der Waals surface area contributed by atoms with Crippen LogP contribution in [-0.4, -0.2) is 23.1 Å². The SMILES string of the molecule is O=C(Cc1ccc(/C=N/NC(=O)c2ccc(O)c(Cl)c2)c2ccccc12)NCc1ccc(Cl)c(Cl)c1. The molecule has 4 aromatic carbocycles. The Morgan fingerprint density at radius 2 is 1.64 bits per heavy atom. The molecule has 0 bridgehead atoms. The van der Waals surface area contributed by atoms with E-state index in [9.17, 15) is 14.7 Å². The van der Waals surface area contributed by atoms with Gasteiger partial charge in [-0.15, -0.1) is 0 Å².